The standard InChI is InChI=1S/C13H14BrNO3.ClH/c1-13(2,3)18-12(17)15-7-11(16)9-5-4-8(14)6-10(9)15;/h4-6H,7H2,1-3H3;1H. The molecule has 1 aliphatic rings. The Balaban J connectivity index is 0.00000180. The number of nitrogens with zero attached hydrogens (tertiary/aromatic N) is 1. The van der Waals surface area contributed by atoms with E-state index >= 15 is 0 Å². The molecule has 0 bridgehead atoms. The number of Topliss-reactive ketones (excluding diaryl/α,β-unsaturated/α-hetero) is 1. The normalized spacial score (nSPS) is 13.9. The third kappa shape index (κ3) is 3.48. The predicted octanol–water partition coefficient (Wildman–Crippen LogP) is 3.81. The van der Waals surface area contributed by atoms with Crippen molar-refractivity contribution in [2.24, 2.45) is 0 Å². The zero-order valence-corrected chi connectivity index (χ0v) is 13.3. The lowest BCUT2D eigenvalue weighted by atomic mass is 10.1. The molecule has 0 radical (unpaired) electrons. The molecule has 0 aromatic heterocycles. The van der Waals surface area contributed by atoms with Gasteiger partial charge in [-0.2, -0.15) is 0 Å². The maximum Gasteiger partial charge on any atom is 0.415 e. The van der Waals surface area contributed by atoms with Crippen LogP contribution < -0.4 is 4.90 Å². The van der Waals surface area contributed by atoms with Gasteiger partial charge in [-0.3, -0.25) is 9.69 Å². The molecular formula is C13H15BrClNO3. The van der Waals surface area contributed by atoms with E-state index in [4.69, 9.17) is 4.74 Å². The molecule has 0 spiro atoms. The van der Waals surface area contributed by atoms with Crippen LogP contribution in [0.1, 0.15) is 31.1 Å². The first-order valence-electron chi connectivity index (χ1n) is 5.61. The van der Waals surface area contributed by atoms with Gasteiger partial charge in [-0.25, -0.2) is 4.79 Å². The summed E-state index contributed by atoms with van der Waals surface area (Å²) in [6.07, 6.45) is -0.493. The number of fused-ring (bicyclic) bond motifs is 1. The Kier molecular flexibility index (Phi) is 4.63. The summed E-state index contributed by atoms with van der Waals surface area (Å²) in [5, 5.41) is 0. The molecule has 6 heteroatoms. The van der Waals surface area contributed by atoms with E-state index in [1.807, 2.05) is 0 Å². The van der Waals surface area contributed by atoms with E-state index in [-0.39, 0.29) is 24.7 Å². The Bertz CT molecular complexity index is 525. The Labute approximate surface area is 126 Å². The van der Waals surface area contributed by atoms with Gasteiger partial charge in [0.05, 0.1) is 12.2 Å². The van der Waals surface area contributed by atoms with Crippen molar-refractivity contribution in [1.82, 2.24) is 0 Å². The maximum atomic E-state index is 12.0. The molecule has 1 aliphatic heterocycles. The first kappa shape index (κ1) is 16.0. The zero-order chi connectivity index (χ0) is 13.5. The van der Waals surface area contributed by atoms with E-state index < -0.39 is 11.7 Å². The van der Waals surface area contributed by atoms with Crippen molar-refractivity contribution in [2.75, 3.05) is 11.4 Å². The van der Waals surface area contributed by atoms with Gasteiger partial charge >= 0.3 is 6.09 Å². The molecule has 1 aromatic carbocycles. The lowest BCUT2D eigenvalue weighted by molar-refractivity contribution is 0.0579. The highest BCUT2D eigenvalue weighted by Crippen LogP contribution is 2.31. The van der Waals surface area contributed by atoms with Gasteiger partial charge in [-0.05, 0) is 39.0 Å². The van der Waals surface area contributed by atoms with Gasteiger partial charge in [0.1, 0.15) is 5.60 Å². The average Bonchev–Trinajstić information content (AvgIpc) is 2.53. The summed E-state index contributed by atoms with van der Waals surface area (Å²) in [7, 11) is 0. The van der Waals surface area contributed by atoms with Crippen LogP contribution in [-0.2, 0) is 4.74 Å². The first-order valence-corrected chi connectivity index (χ1v) is 6.40. The van der Waals surface area contributed by atoms with Crippen molar-refractivity contribution in [2.45, 2.75) is 26.4 Å². The summed E-state index contributed by atoms with van der Waals surface area (Å²) in [5.41, 5.74) is 0.585. The van der Waals surface area contributed by atoms with Crippen LogP contribution in [0.4, 0.5) is 10.5 Å². The van der Waals surface area contributed by atoms with Gasteiger partial charge in [0.2, 0.25) is 0 Å². The van der Waals surface area contributed by atoms with Crippen LogP contribution in [0.15, 0.2) is 22.7 Å². The topological polar surface area (TPSA) is 46.6 Å². The second kappa shape index (κ2) is 5.51. The monoisotopic (exact) mass is 347 g/mol. The maximum absolute atomic E-state index is 12.0. The highest BCUT2D eigenvalue weighted by Gasteiger charge is 2.33. The SMILES string of the molecule is CC(C)(C)OC(=O)N1CC(=O)c2ccc(Br)cc21.Cl. The fourth-order valence-electron chi connectivity index (χ4n) is 1.76. The number of anilines is 1. The minimum atomic E-state index is -0.575. The molecule has 0 aliphatic carbocycles. The quantitative estimate of drug-likeness (QED) is 0.716. The number of hydrogen-bond donors (Lipinski definition) is 0. The van der Waals surface area contributed by atoms with Crippen LogP contribution in [0.5, 0.6) is 0 Å². The Morgan fingerprint density at radius 3 is 2.58 bits per heavy atom. The van der Waals surface area contributed by atoms with E-state index in [2.05, 4.69) is 15.9 Å². The molecule has 0 atom stereocenters. The molecular weight excluding hydrogens is 334 g/mol. The summed E-state index contributed by atoms with van der Waals surface area (Å²) in [6, 6.07) is 5.26. The van der Waals surface area contributed by atoms with Crippen LogP contribution in [0.2, 0.25) is 0 Å². The van der Waals surface area contributed by atoms with E-state index in [0.29, 0.717) is 11.3 Å². The molecule has 19 heavy (non-hydrogen) atoms. The largest absolute Gasteiger partial charge is 0.443 e. The van der Waals surface area contributed by atoms with Gasteiger partial charge in [0.25, 0.3) is 0 Å². The summed E-state index contributed by atoms with van der Waals surface area (Å²) in [4.78, 5) is 25.2. The van der Waals surface area contributed by atoms with Crippen LogP contribution in [0.25, 0.3) is 0 Å². The summed E-state index contributed by atoms with van der Waals surface area (Å²) < 4.78 is 6.11. The fraction of sp³-hybridized carbons (Fsp3) is 0.385. The Morgan fingerprint density at radius 1 is 1.37 bits per heavy atom. The molecule has 4 nitrogen and oxygen atoms in total. The lowest BCUT2D eigenvalue weighted by Gasteiger charge is -2.24. The number of halogens is 2. The summed E-state index contributed by atoms with van der Waals surface area (Å²) >= 11 is 3.33. The van der Waals surface area contributed by atoms with Crippen LogP contribution in [0.3, 0.4) is 0 Å². The number of carbonyl (C=O) groups excluding carboxylic acids is 2. The Hall–Kier alpha value is -1.07. The minimum absolute atomic E-state index is 0. The van der Waals surface area contributed by atoms with Gasteiger partial charge in [-0.15, -0.1) is 12.4 Å². The van der Waals surface area contributed by atoms with Gasteiger partial charge < -0.3 is 4.74 Å². The van der Waals surface area contributed by atoms with E-state index in [1.165, 1.54) is 4.90 Å². The number of hydrogen-bond acceptors (Lipinski definition) is 3. The van der Waals surface area contributed by atoms with E-state index in [9.17, 15) is 9.59 Å². The number of carbonyl (C=O) groups is 2. The number of amides is 1. The van der Waals surface area contributed by atoms with E-state index in [0.717, 1.165) is 4.47 Å². The zero-order valence-electron chi connectivity index (χ0n) is 10.9. The molecule has 0 saturated carbocycles. The van der Waals surface area contributed by atoms with E-state index in [1.54, 1.807) is 39.0 Å². The lowest BCUT2D eigenvalue weighted by Crippen LogP contribution is -2.36. The Morgan fingerprint density at radius 2 is 2.00 bits per heavy atom. The smallest absolute Gasteiger partial charge is 0.415 e. The summed E-state index contributed by atoms with van der Waals surface area (Å²) in [5.74, 6) is -0.0663. The number of ketones is 1. The van der Waals surface area contributed by atoms with Crippen molar-refractivity contribution in [3.63, 3.8) is 0 Å². The second-order valence-corrected chi connectivity index (χ2v) is 6.07. The average molecular weight is 349 g/mol. The molecule has 0 saturated heterocycles. The molecule has 0 fully saturated rings. The predicted molar refractivity (Wildman–Crippen MR) is 79.3 cm³/mol. The number of benzene rings is 1. The summed E-state index contributed by atoms with van der Waals surface area (Å²) in [6.45, 7) is 5.43. The van der Waals surface area contributed by atoms with Gasteiger partial charge in [0.15, 0.2) is 5.78 Å². The van der Waals surface area contributed by atoms with Crippen molar-refractivity contribution in [3.05, 3.63) is 28.2 Å². The molecule has 0 N–H and O–H groups in total. The highest BCUT2D eigenvalue weighted by atomic mass is 79.9. The molecule has 1 aromatic rings. The van der Waals surface area contributed by atoms with Crippen LogP contribution >= 0.6 is 28.3 Å². The molecule has 2 rings (SSSR count). The molecule has 1 heterocycles. The third-order valence-corrected chi connectivity index (χ3v) is 2.96. The van der Waals surface area contributed by atoms with Gasteiger partial charge in [0, 0.05) is 10.0 Å². The van der Waals surface area contributed by atoms with Gasteiger partial charge in [-0.1, -0.05) is 15.9 Å². The van der Waals surface area contributed by atoms with Crippen molar-refractivity contribution >= 4 is 45.9 Å². The van der Waals surface area contributed by atoms with Crippen LogP contribution in [0, 0.1) is 0 Å². The van der Waals surface area contributed by atoms with Crippen molar-refractivity contribution < 1.29 is 14.3 Å². The van der Waals surface area contributed by atoms with Crippen molar-refractivity contribution in [1.29, 1.82) is 0 Å². The van der Waals surface area contributed by atoms with Crippen LogP contribution in [-0.4, -0.2) is 24.0 Å². The fourth-order valence-corrected chi connectivity index (χ4v) is 2.11. The molecule has 0 unspecified atom stereocenters. The third-order valence-electron chi connectivity index (χ3n) is 2.47. The molecule has 104 valence electrons. The first-order chi connectivity index (χ1) is 8.28. The second-order valence-electron chi connectivity index (χ2n) is 5.15. The minimum Gasteiger partial charge on any atom is -0.443 e. The number of rotatable bonds is 0. The highest BCUT2D eigenvalue weighted by molar-refractivity contribution is 9.10. The van der Waals surface area contributed by atoms with Crippen molar-refractivity contribution in [3.8, 4) is 0 Å². The molecule has 1 amide bonds. The number of ether oxygens (including phenoxy) is 1.